The zero-order valence-electron chi connectivity index (χ0n) is 37.9. The van der Waals surface area contributed by atoms with E-state index in [2.05, 4.69) is 26.5 Å². The number of likely N-dealkylation sites (N-methyl/N-ethyl adjacent to an activating group) is 2. The SMILES string of the molecule is CNCC(=O)OCc1cccnc1N(C)C(=O)N(C)CC(=O)OCc1cccnc1N(C)C(=O)OC(C)[n+]1cnn(C[C@](O)(c2cc(F)ccc2F)[C@@H](C)c2nc(-c3ccc(C#N)cc3)cs2)c1. The van der Waals surface area contributed by atoms with E-state index in [1.165, 1.54) is 71.7 Å². The van der Waals surface area contributed by atoms with Gasteiger partial charge >= 0.3 is 24.1 Å². The van der Waals surface area contributed by atoms with E-state index >= 15 is 4.39 Å². The number of pyridine rings is 2. The maximum absolute atomic E-state index is 15.5. The fraction of sp³-hybridized carbons (Fsp3) is 0.304. The molecule has 354 valence electrons. The summed E-state index contributed by atoms with van der Waals surface area (Å²) in [6.07, 6.45) is 3.84. The summed E-state index contributed by atoms with van der Waals surface area (Å²) >= 11 is 1.23. The highest BCUT2D eigenvalue weighted by molar-refractivity contribution is 7.10. The number of esters is 2. The molecule has 1 unspecified atom stereocenters. The Kier molecular flexibility index (Phi) is 16.2. The van der Waals surface area contributed by atoms with Crippen LogP contribution in [-0.4, -0.2) is 100 Å². The molecule has 3 amide bonds. The molecule has 0 saturated heterocycles. The van der Waals surface area contributed by atoms with Gasteiger partial charge in [-0.3, -0.25) is 19.4 Å². The molecule has 0 aliphatic carbocycles. The van der Waals surface area contributed by atoms with Gasteiger partial charge in [0.2, 0.25) is 12.6 Å². The average Bonchev–Trinajstić information content (AvgIpc) is 4.03. The third kappa shape index (κ3) is 11.8. The van der Waals surface area contributed by atoms with Crippen molar-refractivity contribution in [3.05, 3.63) is 136 Å². The number of carbonyl (C=O) groups is 4. The standard InChI is InChI=1S/C46H48F2N11O8S/c1-29(43-54-38(25-68-43)32-13-11-31(20-49)12-14-32)46(64,36-19-35(47)15-16-37(36)48)26-59-28-58(27-53-59)30(2)67-45(63)57(6)42-34(10-8-18-52-42)24-66-40(61)22-55(4)44(62)56(5)41-33(9-7-17-51-41)23-65-39(60)21-50-3/h7-19,25,27-30,50,64H,21-24,26H2,1-6H3/q+1/t29-,30?,46+/m0/s1. The number of aromatic nitrogens is 6. The number of rotatable bonds is 18. The van der Waals surface area contributed by atoms with E-state index < -0.39 is 60.0 Å². The first-order valence-electron chi connectivity index (χ1n) is 20.9. The van der Waals surface area contributed by atoms with Gasteiger partial charge in [-0.15, -0.1) is 16.0 Å². The Bertz CT molecular complexity index is 2800. The number of hydrogen-bond donors (Lipinski definition) is 2. The lowest BCUT2D eigenvalue weighted by molar-refractivity contribution is -0.753. The zero-order valence-corrected chi connectivity index (χ0v) is 38.7. The molecule has 0 spiro atoms. The van der Waals surface area contributed by atoms with Gasteiger partial charge in [0, 0.05) is 79.1 Å². The molecule has 0 radical (unpaired) electrons. The number of nitrogens with zero attached hydrogens (tertiary/aromatic N) is 10. The fourth-order valence-corrected chi connectivity index (χ4v) is 7.88. The lowest BCUT2D eigenvalue weighted by Gasteiger charge is -2.32. The third-order valence-electron chi connectivity index (χ3n) is 10.7. The van der Waals surface area contributed by atoms with Crippen molar-refractivity contribution in [2.45, 2.75) is 51.4 Å². The van der Waals surface area contributed by atoms with E-state index in [9.17, 15) is 33.9 Å². The molecule has 2 N–H and O–H groups in total. The van der Waals surface area contributed by atoms with Crippen molar-refractivity contribution in [1.82, 2.24) is 34.9 Å². The number of benzene rings is 2. The van der Waals surface area contributed by atoms with Crippen LogP contribution in [0.1, 0.15) is 53.3 Å². The molecule has 4 heterocycles. The second-order valence-corrected chi connectivity index (χ2v) is 16.4. The monoisotopic (exact) mass is 952 g/mol. The molecule has 0 aliphatic heterocycles. The topological polar surface area (TPSA) is 222 Å². The van der Waals surface area contributed by atoms with E-state index in [0.717, 1.165) is 33.6 Å². The molecule has 2 aromatic carbocycles. The van der Waals surface area contributed by atoms with Gasteiger partial charge in [-0.2, -0.15) is 9.83 Å². The van der Waals surface area contributed by atoms with Crippen LogP contribution in [0.3, 0.4) is 0 Å². The van der Waals surface area contributed by atoms with E-state index in [-0.39, 0.29) is 43.5 Å². The summed E-state index contributed by atoms with van der Waals surface area (Å²) in [5.74, 6) is -3.41. The highest BCUT2D eigenvalue weighted by Gasteiger charge is 2.44. The molecule has 0 fully saturated rings. The van der Waals surface area contributed by atoms with Crippen LogP contribution in [0.25, 0.3) is 11.3 Å². The Morgan fingerprint density at radius 1 is 0.941 bits per heavy atom. The maximum atomic E-state index is 15.5. The van der Waals surface area contributed by atoms with Gasteiger partial charge in [0.05, 0.1) is 28.9 Å². The van der Waals surface area contributed by atoms with Crippen LogP contribution >= 0.6 is 11.3 Å². The molecule has 3 atom stereocenters. The van der Waals surface area contributed by atoms with Gasteiger partial charge in [-0.25, -0.2) is 33.3 Å². The van der Waals surface area contributed by atoms with Crippen molar-refractivity contribution in [3.8, 4) is 17.3 Å². The summed E-state index contributed by atoms with van der Waals surface area (Å²) in [6.45, 7) is 1.95. The zero-order chi connectivity index (χ0) is 49.1. The van der Waals surface area contributed by atoms with Crippen molar-refractivity contribution in [1.29, 1.82) is 5.26 Å². The maximum Gasteiger partial charge on any atom is 0.418 e. The van der Waals surface area contributed by atoms with Gasteiger partial charge < -0.3 is 29.5 Å². The number of thiazole rings is 1. The number of aliphatic hydroxyl groups is 1. The minimum atomic E-state index is -2.09. The number of anilines is 2. The lowest BCUT2D eigenvalue weighted by Crippen LogP contribution is -2.42. The number of halogens is 2. The Balaban J connectivity index is 1.08. The number of nitriles is 1. The van der Waals surface area contributed by atoms with Gasteiger partial charge in [0.1, 0.15) is 55.2 Å². The van der Waals surface area contributed by atoms with Crippen molar-refractivity contribution < 1.29 is 51.8 Å². The van der Waals surface area contributed by atoms with E-state index in [0.29, 0.717) is 27.4 Å². The molecule has 4 aromatic heterocycles. The van der Waals surface area contributed by atoms with Gasteiger partial charge in [0.15, 0.2) is 0 Å². The molecular formula is C46H48F2N11O8S+. The van der Waals surface area contributed by atoms with Crippen LogP contribution in [0.2, 0.25) is 0 Å². The highest BCUT2D eigenvalue weighted by Crippen LogP contribution is 2.41. The first-order chi connectivity index (χ1) is 32.5. The van der Waals surface area contributed by atoms with E-state index in [1.807, 2.05) is 0 Å². The quantitative estimate of drug-likeness (QED) is 0.0642. The Labute approximate surface area is 393 Å². The van der Waals surface area contributed by atoms with Crippen molar-refractivity contribution in [3.63, 3.8) is 0 Å². The van der Waals surface area contributed by atoms with Gasteiger partial charge in [0.25, 0.3) is 6.33 Å². The Morgan fingerprint density at radius 2 is 1.59 bits per heavy atom. The predicted octanol–water partition coefficient (Wildman–Crippen LogP) is 5.21. The number of carbonyl (C=O) groups excluding carboxylic acids is 4. The van der Waals surface area contributed by atoms with Crippen LogP contribution in [0.5, 0.6) is 0 Å². The summed E-state index contributed by atoms with van der Waals surface area (Å²) in [6, 6.07) is 17.6. The second-order valence-electron chi connectivity index (χ2n) is 15.5. The van der Waals surface area contributed by atoms with Crippen molar-refractivity contribution >= 4 is 47.0 Å². The summed E-state index contributed by atoms with van der Waals surface area (Å²) in [5.41, 5.74) is 0.175. The molecule has 6 aromatic rings. The molecule has 19 nitrogen and oxygen atoms in total. The van der Waals surface area contributed by atoms with Crippen LogP contribution in [0.4, 0.5) is 30.0 Å². The summed E-state index contributed by atoms with van der Waals surface area (Å²) in [4.78, 5) is 68.4. The molecule has 22 heteroatoms. The summed E-state index contributed by atoms with van der Waals surface area (Å²) in [5, 5.41) is 30.8. The minimum Gasteiger partial charge on any atom is -0.460 e. The number of nitrogens with one attached hydrogen (secondary N) is 1. The lowest BCUT2D eigenvalue weighted by atomic mass is 9.82. The first kappa shape index (κ1) is 49.7. The summed E-state index contributed by atoms with van der Waals surface area (Å²) < 4.78 is 49.3. The summed E-state index contributed by atoms with van der Waals surface area (Å²) in [7, 11) is 5.89. The van der Waals surface area contributed by atoms with E-state index in [4.69, 9.17) is 19.2 Å². The van der Waals surface area contributed by atoms with Crippen LogP contribution in [0, 0.1) is 23.0 Å². The van der Waals surface area contributed by atoms with Crippen LogP contribution in [-0.2, 0) is 49.2 Å². The number of ether oxygens (including phenoxy) is 3. The van der Waals surface area contributed by atoms with Crippen molar-refractivity contribution in [2.75, 3.05) is 51.1 Å². The normalized spacial score (nSPS) is 12.8. The largest absolute Gasteiger partial charge is 0.460 e. The van der Waals surface area contributed by atoms with E-state index in [1.54, 1.807) is 74.8 Å². The molecular weight excluding hydrogens is 905 g/mol. The first-order valence-corrected chi connectivity index (χ1v) is 21.7. The second kappa shape index (κ2) is 22.2. The minimum absolute atomic E-state index is 0.00509. The fourth-order valence-electron chi connectivity index (χ4n) is 6.91. The van der Waals surface area contributed by atoms with Crippen LogP contribution in [0.15, 0.2) is 97.2 Å². The molecule has 68 heavy (non-hydrogen) atoms. The van der Waals surface area contributed by atoms with Crippen LogP contribution < -0.4 is 19.7 Å². The Hall–Kier alpha value is -7.74. The molecule has 0 bridgehead atoms. The third-order valence-corrected chi connectivity index (χ3v) is 11.8. The number of hydrogen-bond acceptors (Lipinski definition) is 15. The predicted molar refractivity (Wildman–Crippen MR) is 241 cm³/mol. The number of urea groups is 1. The Morgan fingerprint density at radius 3 is 2.24 bits per heavy atom. The molecule has 0 saturated carbocycles. The van der Waals surface area contributed by atoms with Crippen molar-refractivity contribution in [2.24, 2.45) is 0 Å². The van der Waals surface area contributed by atoms with Gasteiger partial charge in [-0.1, -0.05) is 31.2 Å². The molecule has 6 rings (SSSR count). The molecule has 0 aliphatic rings. The van der Waals surface area contributed by atoms with Gasteiger partial charge in [-0.05, 0) is 49.5 Å². The highest BCUT2D eigenvalue weighted by atomic mass is 32.1. The average molecular weight is 953 g/mol. The smallest absolute Gasteiger partial charge is 0.418 e. The number of amides is 3.